The maximum Gasteiger partial charge on any atom is 0.140 e. The van der Waals surface area contributed by atoms with Gasteiger partial charge in [0.1, 0.15) is 5.65 Å². The van der Waals surface area contributed by atoms with Crippen LogP contribution in [0.4, 0.5) is 0 Å². The molecule has 0 atom stereocenters. The Kier molecular flexibility index (Phi) is 6.27. The van der Waals surface area contributed by atoms with Crippen molar-refractivity contribution in [1.29, 1.82) is 0 Å². The second kappa shape index (κ2) is 9.11. The van der Waals surface area contributed by atoms with E-state index in [0.29, 0.717) is 11.8 Å². The Morgan fingerprint density at radius 3 is 2.60 bits per heavy atom. The predicted molar refractivity (Wildman–Crippen MR) is 145 cm³/mol. The van der Waals surface area contributed by atoms with Crippen LogP contribution in [0.2, 0.25) is 0 Å². The number of pyridine rings is 1. The van der Waals surface area contributed by atoms with E-state index in [1.807, 2.05) is 20.0 Å². The third-order valence-corrected chi connectivity index (χ3v) is 7.80. The van der Waals surface area contributed by atoms with Gasteiger partial charge in [0.2, 0.25) is 0 Å². The van der Waals surface area contributed by atoms with E-state index in [-0.39, 0.29) is 0 Å². The van der Waals surface area contributed by atoms with Gasteiger partial charge in [-0.2, -0.15) is 0 Å². The summed E-state index contributed by atoms with van der Waals surface area (Å²) in [6.45, 7) is 15.7. The number of β-amino-alcohol motifs (C(OH)–C–C–N with tert-alkyl or cyclic N) is 1. The molecule has 0 unspecified atom stereocenters. The van der Waals surface area contributed by atoms with Gasteiger partial charge in [-0.25, -0.2) is 4.98 Å². The first-order chi connectivity index (χ1) is 16.7. The fourth-order valence-corrected chi connectivity index (χ4v) is 6.16. The number of nitrogens with one attached hydrogen (secondary N) is 1. The number of aromatic amines is 1. The molecule has 0 bridgehead atoms. The molecule has 2 N–H and O–H groups in total. The molecule has 0 saturated carbocycles. The van der Waals surface area contributed by atoms with Gasteiger partial charge in [-0.3, -0.25) is 0 Å². The molecular weight excluding hydrogens is 432 g/mol. The zero-order valence-corrected chi connectivity index (χ0v) is 22.2. The number of imidazole rings is 1. The van der Waals surface area contributed by atoms with Crippen LogP contribution in [0.25, 0.3) is 27.8 Å². The predicted octanol–water partition coefficient (Wildman–Crippen LogP) is 6.43. The number of aromatic nitrogens is 3. The molecule has 1 saturated heterocycles. The van der Waals surface area contributed by atoms with Crippen LogP contribution in [-0.2, 0) is 6.42 Å². The molecule has 1 aliphatic heterocycles. The van der Waals surface area contributed by atoms with E-state index in [0.717, 1.165) is 44.5 Å². The summed E-state index contributed by atoms with van der Waals surface area (Å²) >= 11 is 0. The van der Waals surface area contributed by atoms with Crippen LogP contribution in [0.1, 0.15) is 81.5 Å². The Balaban J connectivity index is 1.53. The number of aryl methyl sites for hydroxylation is 1. The summed E-state index contributed by atoms with van der Waals surface area (Å²) in [4.78, 5) is 10.8. The molecule has 4 heterocycles. The summed E-state index contributed by atoms with van der Waals surface area (Å²) in [7, 11) is 0. The highest BCUT2D eigenvalue weighted by molar-refractivity contribution is 5.92. The molecule has 0 amide bonds. The zero-order valence-electron chi connectivity index (χ0n) is 22.2. The lowest BCUT2D eigenvalue weighted by Crippen LogP contribution is -2.42. The third-order valence-electron chi connectivity index (χ3n) is 7.80. The van der Waals surface area contributed by atoms with Gasteiger partial charge in [-0.1, -0.05) is 26.8 Å². The van der Waals surface area contributed by atoms with Gasteiger partial charge in [-0.15, -0.1) is 0 Å². The first-order valence-corrected chi connectivity index (χ1v) is 13.2. The van der Waals surface area contributed by atoms with Crippen molar-refractivity contribution in [1.82, 2.24) is 19.3 Å². The second-order valence-electron chi connectivity index (χ2n) is 11.4. The first-order valence-electron chi connectivity index (χ1n) is 13.2. The van der Waals surface area contributed by atoms with Crippen molar-refractivity contribution in [2.75, 3.05) is 19.6 Å². The highest BCUT2D eigenvalue weighted by Gasteiger charge is 2.26. The quantitative estimate of drug-likeness (QED) is 0.340. The summed E-state index contributed by atoms with van der Waals surface area (Å²) in [6.07, 6.45) is 9.45. The van der Waals surface area contributed by atoms with Gasteiger partial charge >= 0.3 is 0 Å². The van der Waals surface area contributed by atoms with Crippen molar-refractivity contribution in [3.63, 3.8) is 0 Å². The van der Waals surface area contributed by atoms with Crippen LogP contribution < -0.4 is 0 Å². The lowest BCUT2D eigenvalue weighted by atomic mass is 9.87. The maximum absolute atomic E-state index is 10.2. The van der Waals surface area contributed by atoms with Gasteiger partial charge < -0.3 is 19.4 Å². The number of H-pyrrole nitrogens is 1. The molecule has 5 heteroatoms. The highest BCUT2D eigenvalue weighted by Crippen LogP contribution is 2.40. The number of nitrogens with zero attached hydrogens (tertiary/aromatic N) is 3. The molecule has 1 aliphatic rings. The van der Waals surface area contributed by atoms with Crippen LogP contribution in [0.5, 0.6) is 0 Å². The Hall–Kier alpha value is -2.63. The number of hydrogen-bond donors (Lipinski definition) is 2. The first kappa shape index (κ1) is 24.1. The summed E-state index contributed by atoms with van der Waals surface area (Å²) in [6, 6.07) is 7.06. The zero-order chi connectivity index (χ0) is 24.9. The van der Waals surface area contributed by atoms with Gasteiger partial charge in [0.05, 0.1) is 11.3 Å². The van der Waals surface area contributed by atoms with Crippen molar-refractivity contribution in [3.8, 4) is 11.3 Å². The van der Waals surface area contributed by atoms with E-state index in [4.69, 9.17) is 0 Å². The topological polar surface area (TPSA) is 56.6 Å². The average molecular weight is 473 g/mol. The van der Waals surface area contributed by atoms with Crippen LogP contribution in [0.3, 0.4) is 0 Å². The minimum Gasteiger partial charge on any atom is -0.389 e. The maximum atomic E-state index is 10.2. The summed E-state index contributed by atoms with van der Waals surface area (Å²) in [5.74, 6) is 0.983. The number of fused-ring (bicyclic) bond motifs is 2. The number of likely N-dealkylation sites (tertiary alicyclic amines) is 1. The summed E-state index contributed by atoms with van der Waals surface area (Å²) < 4.78 is 2.17. The standard InChI is InChI=1S/C30H40N4O/c1-7-23-20(4)25(17-34-15-12-31-29(23)34)28-27(19(2)3)24-16-22(8-9-26(24)32-28)21-10-13-33(14-11-21)18-30(5,6)35/h8-9,12,15-17,19,21,32,35H,7,10-11,13-14,18H2,1-6H3. The minimum absolute atomic E-state index is 0.408. The fraction of sp³-hybridized carbons (Fsp3) is 0.500. The molecule has 1 fully saturated rings. The number of aliphatic hydroxyl groups is 1. The fourth-order valence-electron chi connectivity index (χ4n) is 6.16. The van der Waals surface area contributed by atoms with E-state index in [1.54, 1.807) is 0 Å². The molecule has 5 nitrogen and oxygen atoms in total. The van der Waals surface area contributed by atoms with Crippen LogP contribution in [-0.4, -0.2) is 49.6 Å². The largest absolute Gasteiger partial charge is 0.389 e. The van der Waals surface area contributed by atoms with E-state index in [2.05, 4.69) is 77.6 Å². The Morgan fingerprint density at radius 1 is 1.20 bits per heavy atom. The normalized spacial score (nSPS) is 16.2. The monoisotopic (exact) mass is 472 g/mol. The number of piperidine rings is 1. The van der Waals surface area contributed by atoms with Crippen LogP contribution in [0, 0.1) is 6.92 Å². The molecular formula is C30H40N4O. The number of rotatable bonds is 6. The van der Waals surface area contributed by atoms with E-state index < -0.39 is 5.60 Å². The molecule has 35 heavy (non-hydrogen) atoms. The van der Waals surface area contributed by atoms with Crippen LogP contribution in [0.15, 0.2) is 36.8 Å². The Labute approximate surface area is 209 Å². The molecule has 1 aromatic carbocycles. The summed E-state index contributed by atoms with van der Waals surface area (Å²) in [5, 5.41) is 11.6. The van der Waals surface area contributed by atoms with Crippen molar-refractivity contribution in [2.45, 2.75) is 78.2 Å². The van der Waals surface area contributed by atoms with Gasteiger partial charge in [0.15, 0.2) is 0 Å². The highest BCUT2D eigenvalue weighted by atomic mass is 16.3. The van der Waals surface area contributed by atoms with Crippen molar-refractivity contribution in [2.24, 2.45) is 0 Å². The Bertz CT molecular complexity index is 1350. The van der Waals surface area contributed by atoms with E-state index in [1.165, 1.54) is 44.4 Å². The number of benzene rings is 1. The average Bonchev–Trinajstić information content (AvgIpc) is 3.42. The number of hydrogen-bond acceptors (Lipinski definition) is 3. The smallest absolute Gasteiger partial charge is 0.140 e. The minimum atomic E-state index is -0.630. The molecule has 0 spiro atoms. The molecule has 0 radical (unpaired) electrons. The van der Waals surface area contributed by atoms with Gasteiger partial charge in [-0.05, 0) is 99.3 Å². The van der Waals surface area contributed by atoms with E-state index >= 15 is 0 Å². The third kappa shape index (κ3) is 4.52. The molecule has 0 aliphatic carbocycles. The van der Waals surface area contributed by atoms with Gasteiger partial charge in [0.25, 0.3) is 0 Å². The lowest BCUT2D eigenvalue weighted by Gasteiger charge is -2.35. The Morgan fingerprint density at radius 2 is 1.94 bits per heavy atom. The molecule has 4 aromatic rings. The second-order valence-corrected chi connectivity index (χ2v) is 11.4. The molecule has 5 rings (SSSR count). The molecule has 3 aromatic heterocycles. The SMILES string of the molecule is CCc1c(C)c(-c2[nH]c3ccc(C4CCN(CC(C)(C)O)CC4)cc3c2C(C)C)cn2ccnc12. The summed E-state index contributed by atoms with van der Waals surface area (Å²) in [5.41, 5.74) is 9.66. The van der Waals surface area contributed by atoms with Crippen LogP contribution >= 0.6 is 0 Å². The van der Waals surface area contributed by atoms with Crippen molar-refractivity contribution in [3.05, 3.63) is 59.0 Å². The van der Waals surface area contributed by atoms with Gasteiger partial charge in [0, 0.05) is 41.6 Å². The van der Waals surface area contributed by atoms with Crippen molar-refractivity contribution >= 4 is 16.6 Å². The van der Waals surface area contributed by atoms with Crippen molar-refractivity contribution < 1.29 is 5.11 Å². The van der Waals surface area contributed by atoms with E-state index in [9.17, 15) is 5.11 Å². The molecule has 186 valence electrons. The lowest BCUT2D eigenvalue weighted by molar-refractivity contribution is 0.0282.